The number of hydrogen-bond acceptors (Lipinski definition) is 4. The molecule has 29 heavy (non-hydrogen) atoms. The van der Waals surface area contributed by atoms with Crippen molar-refractivity contribution in [2.24, 2.45) is 0 Å². The third-order valence-corrected chi connectivity index (χ3v) is 5.58. The number of thiophene rings is 1. The highest BCUT2D eigenvalue weighted by Crippen LogP contribution is 2.36. The quantitative estimate of drug-likeness (QED) is 0.339. The molecule has 146 valence electrons. The minimum atomic E-state index is 0.842. The van der Waals surface area contributed by atoms with Crippen LogP contribution in [0.1, 0.15) is 11.1 Å². The zero-order valence-electron chi connectivity index (χ0n) is 16.5. The maximum Gasteiger partial charge on any atom is 0.119 e. The van der Waals surface area contributed by atoms with Crippen molar-refractivity contribution in [3.63, 3.8) is 0 Å². The van der Waals surface area contributed by atoms with Crippen LogP contribution in [-0.2, 0) is 6.42 Å². The minimum Gasteiger partial charge on any atom is -0.497 e. The normalized spacial score (nSPS) is 10.6. The SMILES string of the molecule is COc1ccc(N(c2ccc(Cc3ccsc3)cc2)c2ccc(OC)cc2)cc1. The molecule has 0 radical (unpaired) electrons. The zero-order valence-corrected chi connectivity index (χ0v) is 17.4. The van der Waals surface area contributed by atoms with Gasteiger partial charge in [-0.1, -0.05) is 12.1 Å². The Hall–Kier alpha value is -3.24. The van der Waals surface area contributed by atoms with Crippen molar-refractivity contribution in [2.75, 3.05) is 19.1 Å². The molecule has 4 aromatic rings. The van der Waals surface area contributed by atoms with Crippen molar-refractivity contribution in [3.05, 3.63) is 101 Å². The summed E-state index contributed by atoms with van der Waals surface area (Å²) in [4.78, 5) is 2.23. The highest BCUT2D eigenvalue weighted by Gasteiger charge is 2.13. The molecule has 0 aliphatic heterocycles. The summed E-state index contributed by atoms with van der Waals surface area (Å²) in [5.41, 5.74) is 5.90. The highest BCUT2D eigenvalue weighted by molar-refractivity contribution is 7.07. The first-order valence-corrected chi connectivity index (χ1v) is 10.4. The molecule has 0 saturated carbocycles. The molecule has 0 unspecified atom stereocenters. The number of rotatable bonds is 7. The molecule has 1 heterocycles. The van der Waals surface area contributed by atoms with Gasteiger partial charge in [0.2, 0.25) is 0 Å². The van der Waals surface area contributed by atoms with E-state index in [0.717, 1.165) is 35.0 Å². The molecular formula is C25H23NO2S. The topological polar surface area (TPSA) is 21.7 Å². The van der Waals surface area contributed by atoms with Gasteiger partial charge in [-0.15, -0.1) is 0 Å². The average molecular weight is 402 g/mol. The maximum absolute atomic E-state index is 5.32. The van der Waals surface area contributed by atoms with Crippen LogP contribution in [0.15, 0.2) is 89.6 Å². The van der Waals surface area contributed by atoms with E-state index in [0.29, 0.717) is 0 Å². The fraction of sp³-hybridized carbons (Fsp3) is 0.120. The second-order valence-electron chi connectivity index (χ2n) is 6.71. The molecule has 1 aromatic heterocycles. The number of benzene rings is 3. The Morgan fingerprint density at radius 3 is 1.52 bits per heavy atom. The summed E-state index contributed by atoms with van der Waals surface area (Å²) >= 11 is 1.74. The second-order valence-corrected chi connectivity index (χ2v) is 7.49. The van der Waals surface area contributed by atoms with Crippen LogP contribution in [0.2, 0.25) is 0 Å². The Labute approximate surface area is 175 Å². The van der Waals surface area contributed by atoms with Gasteiger partial charge in [0.15, 0.2) is 0 Å². The van der Waals surface area contributed by atoms with Crippen LogP contribution in [0, 0.1) is 0 Å². The van der Waals surface area contributed by atoms with Gasteiger partial charge in [-0.25, -0.2) is 0 Å². The molecule has 0 saturated heterocycles. The predicted octanol–water partition coefficient (Wildman–Crippen LogP) is 6.83. The van der Waals surface area contributed by atoms with Gasteiger partial charge in [0, 0.05) is 17.1 Å². The lowest BCUT2D eigenvalue weighted by Gasteiger charge is -2.26. The molecule has 4 heteroatoms. The van der Waals surface area contributed by atoms with E-state index < -0.39 is 0 Å². The van der Waals surface area contributed by atoms with Gasteiger partial charge in [0.1, 0.15) is 11.5 Å². The Bertz CT molecular complexity index is 976. The molecule has 4 rings (SSSR count). The minimum absolute atomic E-state index is 0.842. The summed E-state index contributed by atoms with van der Waals surface area (Å²) < 4.78 is 10.6. The molecule has 0 atom stereocenters. The summed E-state index contributed by atoms with van der Waals surface area (Å²) in [6.45, 7) is 0. The smallest absolute Gasteiger partial charge is 0.119 e. The first-order chi connectivity index (χ1) is 14.3. The fourth-order valence-corrected chi connectivity index (χ4v) is 3.97. The highest BCUT2D eigenvalue weighted by atomic mass is 32.1. The third-order valence-electron chi connectivity index (χ3n) is 4.84. The Kier molecular flexibility index (Phi) is 5.82. The van der Waals surface area contributed by atoms with Gasteiger partial charge in [-0.3, -0.25) is 0 Å². The van der Waals surface area contributed by atoms with Crippen LogP contribution in [0.4, 0.5) is 17.1 Å². The predicted molar refractivity (Wildman–Crippen MR) is 121 cm³/mol. The van der Waals surface area contributed by atoms with Crippen LogP contribution in [-0.4, -0.2) is 14.2 Å². The lowest BCUT2D eigenvalue weighted by molar-refractivity contribution is 0.415. The third kappa shape index (κ3) is 4.44. The number of hydrogen-bond donors (Lipinski definition) is 0. The Morgan fingerprint density at radius 2 is 1.10 bits per heavy atom. The molecule has 0 N–H and O–H groups in total. The van der Waals surface area contributed by atoms with E-state index >= 15 is 0 Å². The number of anilines is 3. The van der Waals surface area contributed by atoms with Crippen LogP contribution in [0.3, 0.4) is 0 Å². The van der Waals surface area contributed by atoms with Crippen LogP contribution >= 0.6 is 11.3 Å². The second kappa shape index (κ2) is 8.84. The van der Waals surface area contributed by atoms with E-state index in [1.54, 1.807) is 25.6 Å². The first-order valence-electron chi connectivity index (χ1n) is 9.45. The van der Waals surface area contributed by atoms with Gasteiger partial charge < -0.3 is 14.4 Å². The summed E-state index contributed by atoms with van der Waals surface area (Å²) in [6.07, 6.45) is 0.953. The molecule has 0 fully saturated rings. The van der Waals surface area contributed by atoms with Crippen LogP contribution in [0.25, 0.3) is 0 Å². The van der Waals surface area contributed by atoms with Crippen molar-refractivity contribution in [2.45, 2.75) is 6.42 Å². The van der Waals surface area contributed by atoms with Crippen molar-refractivity contribution < 1.29 is 9.47 Å². The van der Waals surface area contributed by atoms with Gasteiger partial charge in [-0.05, 0) is 95.0 Å². The Balaban J connectivity index is 1.68. The average Bonchev–Trinajstić information content (AvgIpc) is 3.29. The summed E-state index contributed by atoms with van der Waals surface area (Å²) in [5.74, 6) is 1.68. The number of methoxy groups -OCH3 is 2. The Morgan fingerprint density at radius 1 is 0.621 bits per heavy atom. The lowest BCUT2D eigenvalue weighted by atomic mass is 10.1. The number of nitrogens with zero attached hydrogens (tertiary/aromatic N) is 1. The van der Waals surface area contributed by atoms with Gasteiger partial charge in [-0.2, -0.15) is 11.3 Å². The van der Waals surface area contributed by atoms with E-state index in [2.05, 4.69) is 70.3 Å². The van der Waals surface area contributed by atoms with E-state index in [4.69, 9.17) is 9.47 Å². The van der Waals surface area contributed by atoms with Crippen LogP contribution < -0.4 is 14.4 Å². The monoisotopic (exact) mass is 401 g/mol. The first kappa shape index (κ1) is 19.1. The zero-order chi connectivity index (χ0) is 20.1. The van der Waals surface area contributed by atoms with Crippen molar-refractivity contribution in [1.82, 2.24) is 0 Å². The van der Waals surface area contributed by atoms with E-state index in [1.807, 2.05) is 24.3 Å². The molecule has 0 amide bonds. The van der Waals surface area contributed by atoms with E-state index in [1.165, 1.54) is 11.1 Å². The van der Waals surface area contributed by atoms with Gasteiger partial charge in [0.05, 0.1) is 14.2 Å². The lowest BCUT2D eigenvalue weighted by Crippen LogP contribution is -2.10. The van der Waals surface area contributed by atoms with Crippen molar-refractivity contribution in [3.8, 4) is 11.5 Å². The van der Waals surface area contributed by atoms with Crippen LogP contribution in [0.5, 0.6) is 11.5 Å². The van der Waals surface area contributed by atoms with Gasteiger partial charge in [0.25, 0.3) is 0 Å². The maximum atomic E-state index is 5.32. The molecule has 3 nitrogen and oxygen atoms in total. The number of ether oxygens (including phenoxy) is 2. The largest absolute Gasteiger partial charge is 0.497 e. The standard InChI is InChI=1S/C25H23NO2S/c1-27-24-11-7-22(8-12-24)26(23-9-13-25(28-2)14-10-23)21-5-3-19(4-6-21)17-20-15-16-29-18-20/h3-16,18H,17H2,1-2H3. The molecular weight excluding hydrogens is 378 g/mol. The summed E-state index contributed by atoms with van der Waals surface area (Å²) in [5, 5.41) is 4.33. The fourth-order valence-electron chi connectivity index (χ4n) is 3.30. The van der Waals surface area contributed by atoms with Gasteiger partial charge >= 0.3 is 0 Å². The van der Waals surface area contributed by atoms with Crippen molar-refractivity contribution in [1.29, 1.82) is 0 Å². The molecule has 0 aliphatic rings. The molecule has 0 aliphatic carbocycles. The molecule has 0 bridgehead atoms. The summed E-state index contributed by atoms with van der Waals surface area (Å²) in [6, 6.07) is 27.2. The summed E-state index contributed by atoms with van der Waals surface area (Å²) in [7, 11) is 3.37. The molecule has 3 aromatic carbocycles. The van der Waals surface area contributed by atoms with E-state index in [9.17, 15) is 0 Å². The van der Waals surface area contributed by atoms with Crippen molar-refractivity contribution >= 4 is 28.4 Å². The molecule has 0 spiro atoms. The van der Waals surface area contributed by atoms with E-state index in [-0.39, 0.29) is 0 Å².